The zero-order valence-electron chi connectivity index (χ0n) is 24.9. The monoisotopic (exact) mass is 596 g/mol. The number of hydrogen-bond donors (Lipinski definition) is 0. The molecule has 47 heavy (non-hydrogen) atoms. The van der Waals surface area contributed by atoms with Crippen LogP contribution >= 0.6 is 0 Å². The van der Waals surface area contributed by atoms with Gasteiger partial charge in [0.15, 0.2) is 5.75 Å². The van der Waals surface area contributed by atoms with E-state index in [-0.39, 0.29) is 6.71 Å². The maximum Gasteiger partial charge on any atom is 0.260 e. The van der Waals surface area contributed by atoms with E-state index in [1.165, 1.54) is 65.5 Å². The molecule has 0 saturated carbocycles. The maximum absolute atomic E-state index is 7.22. The number of hydrogen-bond acceptors (Lipinski definition) is 2. The normalized spacial score (nSPS) is 13.8. The van der Waals surface area contributed by atoms with Gasteiger partial charge in [-0.25, -0.2) is 0 Å². The Morgan fingerprint density at radius 1 is 0.468 bits per heavy atom. The van der Waals surface area contributed by atoms with Crippen LogP contribution in [0.1, 0.15) is 0 Å². The fraction of sp³-hybridized carbons (Fsp3) is 0. The number of nitrogens with zero attached hydrogens (tertiary/aromatic N) is 2. The molecule has 0 amide bonds. The SMILES string of the molecule is c1ccc2c(c1)c1cccc3c1n2-c1ccc2c(c1)Oc1c4c(cc5c6cccc7c8ccccc8n(c15)c76)Oc1cc-3ccc1B24. The molecular weight excluding hydrogens is 575 g/mol. The smallest absolute Gasteiger partial charge is 0.260 e. The molecule has 0 saturated heterocycles. The summed E-state index contributed by atoms with van der Waals surface area (Å²) in [5.74, 6) is 3.56. The molecule has 6 aliphatic rings. The van der Waals surface area contributed by atoms with Crippen molar-refractivity contribution in [3.63, 3.8) is 0 Å². The van der Waals surface area contributed by atoms with E-state index < -0.39 is 0 Å². The Kier molecular flexibility index (Phi) is 3.75. The highest BCUT2D eigenvalue weighted by atomic mass is 16.5. The number of ether oxygens (including phenoxy) is 2. The van der Waals surface area contributed by atoms with Gasteiger partial charge < -0.3 is 18.4 Å². The summed E-state index contributed by atoms with van der Waals surface area (Å²) in [4.78, 5) is 0. The van der Waals surface area contributed by atoms with Gasteiger partial charge in [0.05, 0.1) is 27.6 Å². The summed E-state index contributed by atoms with van der Waals surface area (Å²) < 4.78 is 19.0. The molecule has 9 heterocycles. The van der Waals surface area contributed by atoms with Crippen molar-refractivity contribution in [3.05, 3.63) is 127 Å². The van der Waals surface area contributed by atoms with Crippen LogP contribution in [0.5, 0.6) is 23.0 Å². The van der Waals surface area contributed by atoms with E-state index in [1.54, 1.807) is 0 Å². The highest BCUT2D eigenvalue weighted by molar-refractivity contribution is 6.98. The lowest BCUT2D eigenvalue weighted by Gasteiger charge is -2.34. The van der Waals surface area contributed by atoms with Crippen molar-refractivity contribution in [2.45, 2.75) is 0 Å². The zero-order chi connectivity index (χ0) is 30.1. The summed E-state index contributed by atoms with van der Waals surface area (Å²) in [5.41, 5.74) is 12.8. The molecule has 4 nitrogen and oxygen atoms in total. The lowest BCUT2D eigenvalue weighted by Crippen LogP contribution is -2.57. The average molecular weight is 596 g/mol. The van der Waals surface area contributed by atoms with Crippen molar-refractivity contribution >= 4 is 83.0 Å². The van der Waals surface area contributed by atoms with Gasteiger partial charge in [0, 0.05) is 55.1 Å². The van der Waals surface area contributed by atoms with Gasteiger partial charge in [0.25, 0.3) is 6.71 Å². The predicted molar refractivity (Wildman–Crippen MR) is 192 cm³/mol. The minimum absolute atomic E-state index is 0.0157. The van der Waals surface area contributed by atoms with Crippen molar-refractivity contribution in [2.24, 2.45) is 0 Å². The van der Waals surface area contributed by atoms with E-state index in [9.17, 15) is 0 Å². The van der Waals surface area contributed by atoms with Crippen molar-refractivity contribution in [1.82, 2.24) is 8.97 Å². The topological polar surface area (TPSA) is 27.8 Å². The molecule has 0 unspecified atom stereocenters. The quantitative estimate of drug-likeness (QED) is 0.164. The van der Waals surface area contributed by atoms with Gasteiger partial charge in [0.2, 0.25) is 0 Å². The third kappa shape index (κ3) is 2.54. The van der Waals surface area contributed by atoms with Crippen LogP contribution in [0.4, 0.5) is 0 Å². The van der Waals surface area contributed by atoms with Gasteiger partial charge in [-0.3, -0.25) is 0 Å². The van der Waals surface area contributed by atoms with Crippen LogP contribution < -0.4 is 25.9 Å². The Morgan fingerprint density at radius 2 is 1.15 bits per heavy atom. The molecule has 0 spiro atoms. The Hall–Kier alpha value is -6.20. The van der Waals surface area contributed by atoms with Gasteiger partial charge in [0.1, 0.15) is 17.2 Å². The molecule has 0 atom stereocenters. The van der Waals surface area contributed by atoms with Crippen LogP contribution in [-0.2, 0) is 0 Å². The van der Waals surface area contributed by atoms with Gasteiger partial charge >= 0.3 is 0 Å². The summed E-state index contributed by atoms with van der Waals surface area (Å²) in [7, 11) is 0. The molecule has 0 radical (unpaired) electrons. The summed E-state index contributed by atoms with van der Waals surface area (Å²) in [6, 6.07) is 46.6. The predicted octanol–water partition coefficient (Wildman–Crippen LogP) is 8.64. The first-order valence-corrected chi connectivity index (χ1v) is 16.2. The van der Waals surface area contributed by atoms with Gasteiger partial charge in [-0.1, -0.05) is 91.0 Å². The molecule has 10 aromatic rings. The molecule has 6 aliphatic heterocycles. The molecule has 214 valence electrons. The highest BCUT2D eigenvalue weighted by Crippen LogP contribution is 2.48. The van der Waals surface area contributed by atoms with Crippen LogP contribution in [0, 0.1) is 0 Å². The first kappa shape index (κ1) is 23.2. The fourth-order valence-corrected chi connectivity index (χ4v) is 9.24. The summed E-state index contributed by atoms with van der Waals surface area (Å²) in [5, 5.41) is 7.35. The third-order valence-corrected chi connectivity index (χ3v) is 11.1. The lowest BCUT2D eigenvalue weighted by atomic mass is 9.34. The van der Waals surface area contributed by atoms with Crippen molar-refractivity contribution in [3.8, 4) is 39.8 Å². The average Bonchev–Trinajstić information content (AvgIpc) is 3.76. The Balaban J connectivity index is 1.24. The molecule has 0 aliphatic carbocycles. The molecule has 5 heteroatoms. The summed E-state index contributed by atoms with van der Waals surface area (Å²) >= 11 is 0. The van der Waals surface area contributed by atoms with Crippen molar-refractivity contribution < 1.29 is 9.47 Å². The molecule has 7 aromatic carbocycles. The van der Waals surface area contributed by atoms with E-state index in [2.05, 4.69) is 136 Å². The number of para-hydroxylation sites is 4. The highest BCUT2D eigenvalue weighted by Gasteiger charge is 2.42. The summed E-state index contributed by atoms with van der Waals surface area (Å²) in [6.07, 6.45) is 0. The molecule has 0 N–H and O–H groups in total. The van der Waals surface area contributed by atoms with Crippen molar-refractivity contribution in [2.75, 3.05) is 0 Å². The molecule has 3 aromatic heterocycles. The van der Waals surface area contributed by atoms with E-state index in [1.807, 2.05) is 0 Å². The number of benzene rings is 7. The zero-order valence-corrected chi connectivity index (χ0v) is 24.9. The largest absolute Gasteiger partial charge is 0.458 e. The van der Waals surface area contributed by atoms with Crippen LogP contribution in [0.3, 0.4) is 0 Å². The van der Waals surface area contributed by atoms with E-state index in [4.69, 9.17) is 9.47 Å². The maximum atomic E-state index is 7.22. The third-order valence-electron chi connectivity index (χ3n) is 11.1. The summed E-state index contributed by atoms with van der Waals surface area (Å²) in [6.45, 7) is -0.0157. The van der Waals surface area contributed by atoms with Crippen LogP contribution in [-0.4, -0.2) is 15.7 Å². The van der Waals surface area contributed by atoms with E-state index >= 15 is 0 Å². The minimum Gasteiger partial charge on any atom is -0.458 e. The molecule has 16 rings (SSSR count). The molecule has 7 bridgehead atoms. The number of rotatable bonds is 0. The Bertz CT molecular complexity index is 3090. The van der Waals surface area contributed by atoms with E-state index in [0.29, 0.717) is 0 Å². The van der Waals surface area contributed by atoms with Crippen molar-refractivity contribution in [1.29, 1.82) is 0 Å². The second-order valence-electron chi connectivity index (χ2n) is 13.2. The van der Waals surface area contributed by atoms with Gasteiger partial charge in [-0.05, 0) is 46.8 Å². The minimum atomic E-state index is -0.0157. The molecule has 0 fully saturated rings. The number of fused-ring (bicyclic) bond motifs is 9. The van der Waals surface area contributed by atoms with Crippen LogP contribution in [0.2, 0.25) is 0 Å². The van der Waals surface area contributed by atoms with Gasteiger partial charge in [-0.2, -0.15) is 0 Å². The first-order valence-electron chi connectivity index (χ1n) is 16.2. The van der Waals surface area contributed by atoms with Crippen LogP contribution in [0.25, 0.3) is 76.7 Å². The Labute approximate surface area is 268 Å². The number of aromatic nitrogens is 2. The standard InChI is InChI=1S/C42H21BN2O2/c1-3-13-33-25(7-1)27-10-5-9-24-22-15-17-31-35(19-22)46-37-21-30-29-12-6-11-28-26-8-2-4-14-34(26)45(40(28)29)41(30)42-38(37)43(31)32-18-16-23(20-36(32)47-42)44(33)39(24)27/h1-21H. The second-order valence-corrected chi connectivity index (χ2v) is 13.2. The van der Waals surface area contributed by atoms with E-state index in [0.717, 1.165) is 50.6 Å². The molecular formula is C42H21BN2O2. The Morgan fingerprint density at radius 3 is 2.02 bits per heavy atom. The lowest BCUT2D eigenvalue weighted by molar-refractivity contribution is 0.468. The van der Waals surface area contributed by atoms with Gasteiger partial charge in [-0.15, -0.1) is 0 Å². The van der Waals surface area contributed by atoms with Crippen LogP contribution in [0.15, 0.2) is 127 Å². The first-order chi connectivity index (χ1) is 23.3. The fourth-order valence-electron chi connectivity index (χ4n) is 9.24. The second kappa shape index (κ2) is 7.60.